The van der Waals surface area contributed by atoms with Crippen molar-refractivity contribution in [2.75, 3.05) is 18.5 Å². The Morgan fingerprint density at radius 2 is 1.77 bits per heavy atom. The van der Waals surface area contributed by atoms with E-state index >= 15 is 0 Å². The van der Waals surface area contributed by atoms with Crippen LogP contribution in [0.15, 0.2) is 40.9 Å². The smallest absolute Gasteiger partial charge is 0.175 e. The molecule has 0 unspecified atom stereocenters. The molecule has 0 heterocycles. The first-order chi connectivity index (χ1) is 10.7. The van der Waals surface area contributed by atoms with Crippen LogP contribution < -0.4 is 14.8 Å². The van der Waals surface area contributed by atoms with Crippen LogP contribution in [0.1, 0.15) is 25.0 Å². The van der Waals surface area contributed by atoms with Crippen LogP contribution in [0.4, 0.5) is 5.69 Å². The van der Waals surface area contributed by atoms with Crippen LogP contribution in [0.2, 0.25) is 0 Å². The third-order valence-electron chi connectivity index (χ3n) is 3.29. The summed E-state index contributed by atoms with van der Waals surface area (Å²) in [7, 11) is 0. The Kier molecular flexibility index (Phi) is 6.13. The molecule has 0 aliphatic heterocycles. The van der Waals surface area contributed by atoms with Gasteiger partial charge in [-0.3, -0.25) is 0 Å². The zero-order valence-corrected chi connectivity index (χ0v) is 14.9. The predicted molar refractivity (Wildman–Crippen MR) is 95.0 cm³/mol. The second-order valence-corrected chi connectivity index (χ2v) is 5.79. The molecule has 0 aliphatic rings. The molecule has 0 saturated heterocycles. The summed E-state index contributed by atoms with van der Waals surface area (Å²) in [5, 5.41) is 3.46. The van der Waals surface area contributed by atoms with E-state index in [0.717, 1.165) is 33.8 Å². The summed E-state index contributed by atoms with van der Waals surface area (Å²) >= 11 is 3.58. The Morgan fingerprint density at radius 3 is 2.45 bits per heavy atom. The van der Waals surface area contributed by atoms with Crippen molar-refractivity contribution in [3.05, 3.63) is 52.0 Å². The van der Waals surface area contributed by atoms with Gasteiger partial charge in [0.1, 0.15) is 0 Å². The molecule has 2 aromatic carbocycles. The van der Waals surface area contributed by atoms with Gasteiger partial charge in [0, 0.05) is 12.2 Å². The SMILES string of the molecule is CCOc1cc(CNc2ccccc2C)cc(Br)c1OCC. The van der Waals surface area contributed by atoms with Crippen molar-refractivity contribution in [2.45, 2.75) is 27.3 Å². The molecule has 2 aromatic rings. The van der Waals surface area contributed by atoms with Gasteiger partial charge in [-0.05, 0) is 66.0 Å². The van der Waals surface area contributed by atoms with Gasteiger partial charge in [-0.25, -0.2) is 0 Å². The Morgan fingerprint density at radius 1 is 1.05 bits per heavy atom. The summed E-state index contributed by atoms with van der Waals surface area (Å²) in [5.74, 6) is 1.55. The van der Waals surface area contributed by atoms with E-state index in [9.17, 15) is 0 Å². The number of benzene rings is 2. The van der Waals surface area contributed by atoms with E-state index in [2.05, 4.69) is 46.4 Å². The first-order valence-corrected chi connectivity index (χ1v) is 8.32. The van der Waals surface area contributed by atoms with Gasteiger partial charge in [-0.2, -0.15) is 0 Å². The standard InChI is InChI=1S/C18H22BrNO2/c1-4-21-17-11-14(10-15(19)18(17)22-5-2)12-20-16-9-7-6-8-13(16)3/h6-11,20H,4-5,12H2,1-3H3. The Bertz CT molecular complexity index is 628. The molecule has 0 amide bonds. The highest BCUT2D eigenvalue weighted by Crippen LogP contribution is 2.37. The number of anilines is 1. The summed E-state index contributed by atoms with van der Waals surface area (Å²) in [4.78, 5) is 0. The lowest BCUT2D eigenvalue weighted by Crippen LogP contribution is -2.04. The van der Waals surface area contributed by atoms with Crippen LogP contribution in [0.3, 0.4) is 0 Å². The number of aryl methyl sites for hydroxylation is 1. The summed E-state index contributed by atoms with van der Waals surface area (Å²) in [6.45, 7) is 8.00. The van der Waals surface area contributed by atoms with E-state index in [1.165, 1.54) is 5.56 Å². The van der Waals surface area contributed by atoms with Crippen LogP contribution in [-0.4, -0.2) is 13.2 Å². The molecule has 1 N–H and O–H groups in total. The van der Waals surface area contributed by atoms with Crippen LogP contribution in [0.25, 0.3) is 0 Å². The molecule has 0 bridgehead atoms. The molecule has 0 saturated carbocycles. The lowest BCUT2D eigenvalue weighted by molar-refractivity contribution is 0.286. The molecule has 4 heteroatoms. The van der Waals surface area contributed by atoms with Gasteiger partial charge in [-0.1, -0.05) is 18.2 Å². The summed E-state index contributed by atoms with van der Waals surface area (Å²) in [6.07, 6.45) is 0. The van der Waals surface area contributed by atoms with Gasteiger partial charge in [0.15, 0.2) is 11.5 Å². The second kappa shape index (κ2) is 8.08. The minimum absolute atomic E-state index is 0.611. The lowest BCUT2D eigenvalue weighted by Gasteiger charge is -2.15. The van der Waals surface area contributed by atoms with E-state index in [0.29, 0.717) is 13.2 Å². The minimum Gasteiger partial charge on any atom is -0.490 e. The summed E-state index contributed by atoms with van der Waals surface area (Å²) in [6, 6.07) is 12.4. The highest BCUT2D eigenvalue weighted by Gasteiger charge is 2.12. The topological polar surface area (TPSA) is 30.5 Å². The van der Waals surface area contributed by atoms with E-state index in [-0.39, 0.29) is 0 Å². The molecule has 0 atom stereocenters. The third kappa shape index (κ3) is 4.17. The molecule has 0 radical (unpaired) electrons. The van der Waals surface area contributed by atoms with Crippen LogP contribution in [-0.2, 0) is 6.54 Å². The van der Waals surface area contributed by atoms with Crippen molar-refractivity contribution < 1.29 is 9.47 Å². The first-order valence-electron chi connectivity index (χ1n) is 7.53. The fourth-order valence-electron chi connectivity index (χ4n) is 2.24. The molecule has 2 rings (SSSR count). The maximum atomic E-state index is 5.70. The summed E-state index contributed by atoms with van der Waals surface area (Å²) in [5.41, 5.74) is 3.52. The van der Waals surface area contributed by atoms with E-state index in [1.807, 2.05) is 32.0 Å². The molecular formula is C18H22BrNO2. The normalized spacial score (nSPS) is 10.4. The monoisotopic (exact) mass is 363 g/mol. The van der Waals surface area contributed by atoms with Crippen LogP contribution >= 0.6 is 15.9 Å². The van der Waals surface area contributed by atoms with Crippen LogP contribution in [0.5, 0.6) is 11.5 Å². The van der Waals surface area contributed by atoms with Crippen molar-refractivity contribution >= 4 is 21.6 Å². The quantitative estimate of drug-likeness (QED) is 0.736. The van der Waals surface area contributed by atoms with Gasteiger partial charge < -0.3 is 14.8 Å². The number of ether oxygens (including phenoxy) is 2. The Balaban J connectivity index is 2.19. The molecule has 0 aliphatic carbocycles. The molecule has 0 fully saturated rings. The number of para-hydroxylation sites is 1. The van der Waals surface area contributed by atoms with Gasteiger partial charge in [0.2, 0.25) is 0 Å². The first kappa shape index (κ1) is 16.7. The van der Waals surface area contributed by atoms with Gasteiger partial charge in [-0.15, -0.1) is 0 Å². The molecule has 22 heavy (non-hydrogen) atoms. The largest absolute Gasteiger partial charge is 0.490 e. The maximum Gasteiger partial charge on any atom is 0.175 e. The third-order valence-corrected chi connectivity index (χ3v) is 3.87. The van der Waals surface area contributed by atoms with Gasteiger partial charge in [0.25, 0.3) is 0 Å². The Hall–Kier alpha value is -1.68. The fourth-order valence-corrected chi connectivity index (χ4v) is 2.84. The fraction of sp³-hybridized carbons (Fsp3) is 0.333. The average molecular weight is 364 g/mol. The number of nitrogens with one attached hydrogen (secondary N) is 1. The summed E-state index contributed by atoms with van der Waals surface area (Å²) < 4.78 is 12.3. The van der Waals surface area contributed by atoms with Crippen molar-refractivity contribution in [1.82, 2.24) is 0 Å². The number of hydrogen-bond donors (Lipinski definition) is 1. The number of rotatable bonds is 7. The van der Waals surface area contributed by atoms with Crippen molar-refractivity contribution in [1.29, 1.82) is 0 Å². The van der Waals surface area contributed by atoms with Gasteiger partial charge >= 0.3 is 0 Å². The lowest BCUT2D eigenvalue weighted by atomic mass is 10.1. The minimum atomic E-state index is 0.611. The van der Waals surface area contributed by atoms with Crippen molar-refractivity contribution in [2.24, 2.45) is 0 Å². The molecule has 0 spiro atoms. The molecule has 0 aromatic heterocycles. The zero-order valence-electron chi connectivity index (χ0n) is 13.3. The molecule has 3 nitrogen and oxygen atoms in total. The predicted octanol–water partition coefficient (Wildman–Crippen LogP) is 5.17. The highest BCUT2D eigenvalue weighted by molar-refractivity contribution is 9.10. The second-order valence-electron chi connectivity index (χ2n) is 4.94. The van der Waals surface area contributed by atoms with Gasteiger partial charge in [0.05, 0.1) is 17.7 Å². The maximum absolute atomic E-state index is 5.70. The van der Waals surface area contributed by atoms with Crippen molar-refractivity contribution in [3.8, 4) is 11.5 Å². The van der Waals surface area contributed by atoms with Crippen LogP contribution in [0, 0.1) is 6.92 Å². The van der Waals surface area contributed by atoms with Crippen molar-refractivity contribution in [3.63, 3.8) is 0 Å². The van der Waals surface area contributed by atoms with E-state index < -0.39 is 0 Å². The van der Waals surface area contributed by atoms with E-state index in [4.69, 9.17) is 9.47 Å². The Labute approximate surface area is 140 Å². The average Bonchev–Trinajstić information content (AvgIpc) is 2.50. The number of halogens is 1. The molecular weight excluding hydrogens is 342 g/mol. The highest BCUT2D eigenvalue weighted by atomic mass is 79.9. The number of hydrogen-bond acceptors (Lipinski definition) is 3. The zero-order chi connectivity index (χ0) is 15.9. The van der Waals surface area contributed by atoms with E-state index in [1.54, 1.807) is 0 Å². The molecule has 118 valence electrons.